The number of ether oxygens (including phenoxy) is 3. The summed E-state index contributed by atoms with van der Waals surface area (Å²) in [4.78, 5) is 6.73. The van der Waals surface area contributed by atoms with E-state index >= 15 is 0 Å². The first kappa shape index (κ1) is 22.3. The molecule has 0 spiro atoms. The molecule has 1 aliphatic rings. The SMILES string of the molecule is Cc1cccc(/C=N/Nc2cc(N3CCOCC3)cc(OCCOc3cccc[n+]3[O-])n2)c1. The van der Waals surface area contributed by atoms with Crippen molar-refractivity contribution in [3.63, 3.8) is 0 Å². The monoisotopic (exact) mass is 449 g/mol. The van der Waals surface area contributed by atoms with Crippen molar-refractivity contribution in [2.75, 3.05) is 49.8 Å². The van der Waals surface area contributed by atoms with Gasteiger partial charge >= 0.3 is 5.88 Å². The summed E-state index contributed by atoms with van der Waals surface area (Å²) in [5.41, 5.74) is 6.14. The molecule has 33 heavy (non-hydrogen) atoms. The molecule has 0 unspecified atom stereocenters. The van der Waals surface area contributed by atoms with Gasteiger partial charge in [0, 0.05) is 37.0 Å². The fourth-order valence-electron chi connectivity index (χ4n) is 3.37. The van der Waals surface area contributed by atoms with Crippen LogP contribution >= 0.6 is 0 Å². The van der Waals surface area contributed by atoms with Gasteiger partial charge in [0.25, 0.3) is 0 Å². The van der Waals surface area contributed by atoms with Gasteiger partial charge in [0.15, 0.2) is 12.0 Å². The highest BCUT2D eigenvalue weighted by molar-refractivity contribution is 5.80. The summed E-state index contributed by atoms with van der Waals surface area (Å²) in [5, 5.41) is 16.0. The molecule has 2 aromatic heterocycles. The Labute approximate surface area is 192 Å². The Morgan fingerprint density at radius 1 is 1.12 bits per heavy atom. The Morgan fingerprint density at radius 2 is 1.97 bits per heavy atom. The van der Waals surface area contributed by atoms with E-state index in [9.17, 15) is 5.21 Å². The zero-order valence-corrected chi connectivity index (χ0v) is 18.5. The number of nitrogens with zero attached hydrogens (tertiary/aromatic N) is 4. The van der Waals surface area contributed by atoms with Gasteiger partial charge < -0.3 is 24.3 Å². The molecule has 1 aromatic carbocycles. The van der Waals surface area contributed by atoms with Crippen molar-refractivity contribution >= 4 is 17.7 Å². The number of morpholine rings is 1. The molecule has 1 aliphatic heterocycles. The van der Waals surface area contributed by atoms with Crippen LogP contribution in [0.3, 0.4) is 0 Å². The lowest BCUT2D eigenvalue weighted by molar-refractivity contribution is -0.612. The van der Waals surface area contributed by atoms with Crippen LogP contribution in [0.5, 0.6) is 11.8 Å². The fourth-order valence-corrected chi connectivity index (χ4v) is 3.37. The van der Waals surface area contributed by atoms with Crippen molar-refractivity contribution in [2.24, 2.45) is 5.10 Å². The van der Waals surface area contributed by atoms with E-state index in [-0.39, 0.29) is 19.1 Å². The fraction of sp³-hybridized carbons (Fsp3) is 0.292. The molecule has 0 amide bonds. The summed E-state index contributed by atoms with van der Waals surface area (Å²) < 4.78 is 17.5. The number of aryl methyl sites for hydroxylation is 1. The van der Waals surface area contributed by atoms with Gasteiger partial charge in [-0.25, -0.2) is 0 Å². The Bertz CT molecular complexity index is 1090. The van der Waals surface area contributed by atoms with Gasteiger partial charge in [0.05, 0.1) is 25.5 Å². The minimum Gasteiger partial charge on any atom is -0.616 e. The number of aromatic nitrogens is 2. The first-order chi connectivity index (χ1) is 16.2. The predicted octanol–water partition coefficient (Wildman–Crippen LogP) is 2.76. The number of anilines is 2. The van der Waals surface area contributed by atoms with Crippen LogP contribution in [0.4, 0.5) is 11.5 Å². The van der Waals surface area contributed by atoms with E-state index in [0.29, 0.717) is 29.6 Å². The maximum absolute atomic E-state index is 11.7. The molecule has 1 saturated heterocycles. The highest BCUT2D eigenvalue weighted by Crippen LogP contribution is 2.25. The highest BCUT2D eigenvalue weighted by atomic mass is 16.6. The molecule has 1 N–H and O–H groups in total. The third kappa shape index (κ3) is 6.56. The normalized spacial score (nSPS) is 13.8. The summed E-state index contributed by atoms with van der Waals surface area (Å²) in [6.07, 6.45) is 3.14. The minimum atomic E-state index is 0.212. The van der Waals surface area contributed by atoms with E-state index in [1.54, 1.807) is 24.4 Å². The van der Waals surface area contributed by atoms with Crippen LogP contribution in [-0.2, 0) is 4.74 Å². The van der Waals surface area contributed by atoms with E-state index < -0.39 is 0 Å². The zero-order valence-electron chi connectivity index (χ0n) is 18.5. The quantitative estimate of drug-likeness (QED) is 0.176. The van der Waals surface area contributed by atoms with Crippen LogP contribution in [0, 0.1) is 12.1 Å². The third-order valence-electron chi connectivity index (χ3n) is 4.97. The van der Waals surface area contributed by atoms with Crippen molar-refractivity contribution in [2.45, 2.75) is 6.92 Å². The van der Waals surface area contributed by atoms with Crippen LogP contribution in [0.25, 0.3) is 0 Å². The maximum Gasteiger partial charge on any atom is 0.379 e. The average Bonchev–Trinajstić information content (AvgIpc) is 2.83. The molecule has 0 aliphatic carbocycles. The Morgan fingerprint density at radius 3 is 2.79 bits per heavy atom. The molecule has 172 valence electrons. The second kappa shape index (κ2) is 11.1. The molecule has 3 aromatic rings. The van der Waals surface area contributed by atoms with Gasteiger partial charge in [-0.2, -0.15) is 10.1 Å². The second-order valence-electron chi connectivity index (χ2n) is 7.49. The van der Waals surface area contributed by atoms with E-state index in [1.807, 2.05) is 37.3 Å². The largest absolute Gasteiger partial charge is 0.616 e. The van der Waals surface area contributed by atoms with Crippen LogP contribution in [0.15, 0.2) is 65.9 Å². The average molecular weight is 450 g/mol. The van der Waals surface area contributed by atoms with Crippen molar-refractivity contribution in [1.29, 1.82) is 0 Å². The molecule has 0 bridgehead atoms. The molecule has 4 rings (SSSR count). The second-order valence-corrected chi connectivity index (χ2v) is 7.49. The number of hydrazone groups is 1. The number of benzene rings is 1. The Hall–Kier alpha value is -3.85. The van der Waals surface area contributed by atoms with Crippen molar-refractivity contribution in [3.05, 3.63) is 77.1 Å². The van der Waals surface area contributed by atoms with E-state index in [0.717, 1.165) is 24.3 Å². The number of hydrogen-bond donors (Lipinski definition) is 1. The summed E-state index contributed by atoms with van der Waals surface area (Å²) in [6.45, 7) is 5.41. The lowest BCUT2D eigenvalue weighted by Crippen LogP contribution is -2.36. The Balaban J connectivity index is 1.42. The van der Waals surface area contributed by atoms with Crippen molar-refractivity contribution in [3.8, 4) is 11.8 Å². The first-order valence-electron chi connectivity index (χ1n) is 10.8. The van der Waals surface area contributed by atoms with E-state index in [4.69, 9.17) is 14.2 Å². The molecule has 0 atom stereocenters. The molecule has 1 fully saturated rings. The van der Waals surface area contributed by atoms with Gasteiger partial charge in [-0.1, -0.05) is 29.8 Å². The molecule has 0 saturated carbocycles. The first-order valence-corrected chi connectivity index (χ1v) is 10.8. The van der Waals surface area contributed by atoms with Crippen LogP contribution < -0.4 is 24.5 Å². The molecular weight excluding hydrogens is 422 g/mol. The summed E-state index contributed by atoms with van der Waals surface area (Å²) in [6, 6.07) is 16.9. The van der Waals surface area contributed by atoms with E-state index in [1.165, 1.54) is 11.8 Å². The molecular formula is C24H27N5O4. The molecule has 9 heteroatoms. The van der Waals surface area contributed by atoms with Gasteiger partial charge in [-0.15, -0.1) is 4.73 Å². The standard InChI is InChI=1S/C24H27N5O4/c1-19-5-4-6-20(15-19)18-25-27-22-16-21(28-9-11-31-12-10-28)17-23(26-22)32-13-14-33-24-7-2-3-8-29(24)30/h2-8,15-18H,9-14H2,1H3,(H,26,27)/b25-18+. The molecule has 9 nitrogen and oxygen atoms in total. The smallest absolute Gasteiger partial charge is 0.379 e. The summed E-state index contributed by atoms with van der Waals surface area (Å²) in [7, 11) is 0. The van der Waals surface area contributed by atoms with Gasteiger partial charge in [-0.3, -0.25) is 5.43 Å². The minimum absolute atomic E-state index is 0.212. The van der Waals surface area contributed by atoms with Crippen LogP contribution in [0.2, 0.25) is 0 Å². The highest BCUT2D eigenvalue weighted by Gasteiger charge is 2.14. The van der Waals surface area contributed by atoms with Gasteiger partial charge in [0.2, 0.25) is 5.88 Å². The zero-order chi connectivity index (χ0) is 22.9. The number of rotatable bonds is 9. The number of pyridine rings is 2. The van der Waals surface area contributed by atoms with Gasteiger partial charge in [-0.05, 0) is 18.6 Å². The number of nitrogens with one attached hydrogen (secondary N) is 1. The summed E-state index contributed by atoms with van der Waals surface area (Å²) in [5.74, 6) is 1.24. The third-order valence-corrected chi connectivity index (χ3v) is 4.97. The lowest BCUT2D eigenvalue weighted by atomic mass is 10.2. The van der Waals surface area contributed by atoms with E-state index in [2.05, 4.69) is 26.5 Å². The maximum atomic E-state index is 11.7. The predicted molar refractivity (Wildman–Crippen MR) is 126 cm³/mol. The van der Waals surface area contributed by atoms with Crippen LogP contribution in [-0.4, -0.2) is 50.7 Å². The van der Waals surface area contributed by atoms with Crippen molar-refractivity contribution in [1.82, 2.24) is 4.98 Å². The topological polar surface area (TPSA) is 95.2 Å². The number of hydrogen-bond acceptors (Lipinski definition) is 8. The van der Waals surface area contributed by atoms with Gasteiger partial charge in [0.1, 0.15) is 13.2 Å². The molecule has 3 heterocycles. The Kier molecular flexibility index (Phi) is 7.55. The molecule has 0 radical (unpaired) electrons. The lowest BCUT2D eigenvalue weighted by Gasteiger charge is -2.29. The van der Waals surface area contributed by atoms with Crippen molar-refractivity contribution < 1.29 is 18.9 Å². The van der Waals surface area contributed by atoms with Crippen LogP contribution in [0.1, 0.15) is 11.1 Å². The summed E-state index contributed by atoms with van der Waals surface area (Å²) >= 11 is 0.